The van der Waals surface area contributed by atoms with Gasteiger partial charge >= 0.3 is 0 Å². The summed E-state index contributed by atoms with van der Waals surface area (Å²) >= 11 is 0.773. The highest BCUT2D eigenvalue weighted by Crippen LogP contribution is 2.33. The molecule has 0 radical (unpaired) electrons. The molecule has 0 bridgehead atoms. The SMILES string of the molecule is COc1cc(OC)cc(-c2nnc(S/C(=C\c3ccc(C)o3)C(=O)[O-])o2)c1. The Morgan fingerprint density at radius 3 is 2.37 bits per heavy atom. The average Bonchev–Trinajstić information content (AvgIpc) is 3.29. The smallest absolute Gasteiger partial charge is 0.281 e. The number of hydrogen-bond acceptors (Lipinski definition) is 9. The standard InChI is InChI=1S/C18H16N2O6S/c1-10-4-5-12(25-10)9-15(17(21)22)27-18-20-19-16(26-18)11-6-13(23-2)8-14(7-11)24-3/h4-9H,1-3H3,(H,21,22)/p-1/b15-9-. The number of methoxy groups -OCH3 is 2. The van der Waals surface area contributed by atoms with Crippen molar-refractivity contribution in [1.29, 1.82) is 0 Å². The number of benzene rings is 1. The minimum absolute atomic E-state index is 0.0468. The summed E-state index contributed by atoms with van der Waals surface area (Å²) in [6.45, 7) is 1.76. The number of rotatable bonds is 7. The maximum atomic E-state index is 11.4. The van der Waals surface area contributed by atoms with Crippen LogP contribution in [0.1, 0.15) is 11.5 Å². The summed E-state index contributed by atoms with van der Waals surface area (Å²) < 4.78 is 21.3. The van der Waals surface area contributed by atoms with Gasteiger partial charge in [0, 0.05) is 16.5 Å². The van der Waals surface area contributed by atoms with Crippen molar-refractivity contribution >= 4 is 23.8 Å². The van der Waals surface area contributed by atoms with E-state index in [0.717, 1.165) is 11.8 Å². The first kappa shape index (κ1) is 18.6. The van der Waals surface area contributed by atoms with Crippen LogP contribution in [0.4, 0.5) is 0 Å². The van der Waals surface area contributed by atoms with Crippen LogP contribution in [0.5, 0.6) is 11.5 Å². The van der Waals surface area contributed by atoms with Crippen LogP contribution in [0, 0.1) is 6.92 Å². The van der Waals surface area contributed by atoms with E-state index in [1.54, 1.807) is 37.3 Å². The van der Waals surface area contributed by atoms with Crippen LogP contribution >= 0.6 is 11.8 Å². The Morgan fingerprint density at radius 2 is 1.81 bits per heavy atom. The molecule has 0 atom stereocenters. The second-order valence-electron chi connectivity index (χ2n) is 5.32. The van der Waals surface area contributed by atoms with E-state index in [1.807, 2.05) is 0 Å². The quantitative estimate of drug-likeness (QED) is 0.446. The fourth-order valence-corrected chi connectivity index (χ4v) is 2.83. The van der Waals surface area contributed by atoms with Gasteiger partial charge in [-0.3, -0.25) is 0 Å². The summed E-state index contributed by atoms with van der Waals surface area (Å²) in [6, 6.07) is 8.49. The molecule has 0 fully saturated rings. The number of carbonyl (C=O) groups excluding carboxylic acids is 1. The molecule has 140 valence electrons. The van der Waals surface area contributed by atoms with Crippen LogP contribution in [0.15, 0.2) is 49.3 Å². The molecule has 8 nitrogen and oxygen atoms in total. The van der Waals surface area contributed by atoms with E-state index in [2.05, 4.69) is 10.2 Å². The van der Waals surface area contributed by atoms with Crippen LogP contribution in [-0.2, 0) is 4.79 Å². The molecule has 0 spiro atoms. The molecule has 0 amide bonds. The third kappa shape index (κ3) is 4.50. The first-order valence-corrected chi connectivity index (χ1v) is 8.54. The van der Waals surface area contributed by atoms with Gasteiger partial charge in [0.25, 0.3) is 5.22 Å². The van der Waals surface area contributed by atoms with Gasteiger partial charge in [-0.05, 0) is 49.0 Å². The molecule has 9 heteroatoms. The zero-order chi connectivity index (χ0) is 19.4. The monoisotopic (exact) mass is 387 g/mol. The van der Waals surface area contributed by atoms with Crippen molar-refractivity contribution in [2.24, 2.45) is 0 Å². The molecule has 3 aromatic rings. The van der Waals surface area contributed by atoms with Crippen LogP contribution in [0.2, 0.25) is 0 Å². The van der Waals surface area contributed by atoms with E-state index in [4.69, 9.17) is 18.3 Å². The minimum atomic E-state index is -1.38. The number of nitrogens with zero attached hydrogens (tertiary/aromatic N) is 2. The fraction of sp³-hybridized carbons (Fsp3) is 0.167. The summed E-state index contributed by atoms with van der Waals surface area (Å²) in [4.78, 5) is 11.3. The first-order valence-electron chi connectivity index (χ1n) is 7.73. The van der Waals surface area contributed by atoms with E-state index >= 15 is 0 Å². The van der Waals surface area contributed by atoms with Crippen molar-refractivity contribution in [3.63, 3.8) is 0 Å². The van der Waals surface area contributed by atoms with Crippen LogP contribution in [0.25, 0.3) is 17.5 Å². The Hall–Kier alpha value is -3.20. The van der Waals surface area contributed by atoms with Crippen LogP contribution < -0.4 is 14.6 Å². The largest absolute Gasteiger partial charge is 0.544 e. The van der Waals surface area contributed by atoms with Gasteiger partial charge in [-0.25, -0.2) is 0 Å². The highest BCUT2D eigenvalue weighted by atomic mass is 32.2. The Morgan fingerprint density at radius 1 is 1.11 bits per heavy atom. The van der Waals surface area contributed by atoms with Gasteiger partial charge in [0.15, 0.2) is 0 Å². The molecular formula is C18H15N2O6S-. The second kappa shape index (κ2) is 8.00. The summed E-state index contributed by atoms with van der Waals surface area (Å²) in [6.07, 6.45) is 1.34. The summed E-state index contributed by atoms with van der Waals surface area (Å²) in [7, 11) is 3.06. The van der Waals surface area contributed by atoms with Gasteiger partial charge in [-0.15, -0.1) is 10.2 Å². The Kier molecular flexibility index (Phi) is 5.51. The third-order valence-corrected chi connectivity index (χ3v) is 4.28. The van der Waals surface area contributed by atoms with E-state index in [0.29, 0.717) is 28.6 Å². The number of carboxylic acid groups (broad SMARTS) is 1. The number of aromatic nitrogens is 2. The number of carbonyl (C=O) groups is 1. The normalized spacial score (nSPS) is 11.4. The number of thioether (sulfide) groups is 1. The van der Waals surface area contributed by atoms with Crippen molar-refractivity contribution in [1.82, 2.24) is 10.2 Å². The lowest BCUT2D eigenvalue weighted by Gasteiger charge is -2.06. The maximum Gasteiger partial charge on any atom is 0.281 e. The van der Waals surface area contributed by atoms with Gasteiger partial charge in [-0.1, -0.05) is 0 Å². The number of aryl methyl sites for hydroxylation is 1. The molecule has 3 rings (SSSR count). The molecule has 1 aromatic carbocycles. The van der Waals surface area contributed by atoms with Crippen molar-refractivity contribution < 1.29 is 28.2 Å². The highest BCUT2D eigenvalue weighted by molar-refractivity contribution is 8.03. The Labute approximate surface area is 158 Å². The molecule has 2 heterocycles. The Balaban J connectivity index is 1.86. The number of carboxylic acids is 1. The summed E-state index contributed by atoms with van der Waals surface area (Å²) in [5.74, 6) is 0.978. The minimum Gasteiger partial charge on any atom is -0.544 e. The van der Waals surface area contributed by atoms with Crippen molar-refractivity contribution in [3.05, 3.63) is 46.8 Å². The maximum absolute atomic E-state index is 11.4. The van der Waals surface area contributed by atoms with Gasteiger partial charge < -0.3 is 28.2 Å². The van der Waals surface area contributed by atoms with Crippen molar-refractivity contribution in [2.75, 3.05) is 14.2 Å². The molecule has 0 saturated carbocycles. The average molecular weight is 387 g/mol. The zero-order valence-electron chi connectivity index (χ0n) is 14.7. The number of aliphatic carboxylic acids is 1. The first-order chi connectivity index (χ1) is 13.0. The molecular weight excluding hydrogens is 372 g/mol. The third-order valence-electron chi connectivity index (χ3n) is 3.44. The topological polar surface area (TPSA) is 111 Å². The molecule has 0 aliphatic carbocycles. The van der Waals surface area contributed by atoms with E-state index in [-0.39, 0.29) is 16.0 Å². The van der Waals surface area contributed by atoms with Gasteiger partial charge in [0.1, 0.15) is 23.0 Å². The van der Waals surface area contributed by atoms with E-state index in [9.17, 15) is 9.90 Å². The Bertz CT molecular complexity index is 969. The van der Waals surface area contributed by atoms with Crippen molar-refractivity contribution in [3.8, 4) is 23.0 Å². The molecule has 2 aromatic heterocycles. The van der Waals surface area contributed by atoms with E-state index in [1.165, 1.54) is 20.3 Å². The summed E-state index contributed by atoms with van der Waals surface area (Å²) in [5, 5.41) is 19.3. The highest BCUT2D eigenvalue weighted by Gasteiger charge is 2.14. The molecule has 27 heavy (non-hydrogen) atoms. The lowest BCUT2D eigenvalue weighted by atomic mass is 10.2. The molecule has 0 N–H and O–H groups in total. The molecule has 0 saturated heterocycles. The van der Waals surface area contributed by atoms with Gasteiger partial charge in [-0.2, -0.15) is 0 Å². The van der Waals surface area contributed by atoms with Crippen LogP contribution in [0.3, 0.4) is 0 Å². The predicted octanol–water partition coefficient (Wildman–Crippen LogP) is 2.54. The van der Waals surface area contributed by atoms with Crippen LogP contribution in [-0.4, -0.2) is 30.4 Å². The van der Waals surface area contributed by atoms with Gasteiger partial charge in [0.2, 0.25) is 5.89 Å². The lowest BCUT2D eigenvalue weighted by molar-refractivity contribution is -0.298. The number of hydrogen-bond donors (Lipinski definition) is 0. The zero-order valence-corrected chi connectivity index (χ0v) is 15.5. The van der Waals surface area contributed by atoms with Crippen molar-refractivity contribution in [2.45, 2.75) is 12.1 Å². The second-order valence-corrected chi connectivity index (χ2v) is 6.31. The van der Waals surface area contributed by atoms with E-state index < -0.39 is 5.97 Å². The van der Waals surface area contributed by atoms with Gasteiger partial charge in [0.05, 0.1) is 20.2 Å². The molecule has 0 aliphatic rings. The summed E-state index contributed by atoms with van der Waals surface area (Å²) in [5.41, 5.74) is 0.575. The molecule has 0 aliphatic heterocycles. The lowest BCUT2D eigenvalue weighted by Crippen LogP contribution is -2.22. The molecule has 0 unspecified atom stereocenters. The number of furan rings is 1. The number of ether oxygens (including phenoxy) is 2. The predicted molar refractivity (Wildman–Crippen MR) is 95.1 cm³/mol. The fourth-order valence-electron chi connectivity index (χ4n) is 2.18.